The van der Waals surface area contributed by atoms with Gasteiger partial charge in [0.25, 0.3) is 5.56 Å². The maximum atomic E-state index is 12.0. The van der Waals surface area contributed by atoms with Gasteiger partial charge >= 0.3 is 5.97 Å². The molecule has 0 aliphatic heterocycles. The largest absolute Gasteiger partial charge is 0.459 e. The summed E-state index contributed by atoms with van der Waals surface area (Å²) in [5.41, 5.74) is 2.06. The SMILES string of the molecule is O=C(Cn1nc(-c2ccccc2)ccc1=O)OCc1ccccc1. The lowest BCUT2D eigenvalue weighted by Crippen LogP contribution is -2.27. The number of ether oxygens (including phenoxy) is 1. The number of nitrogens with zero attached hydrogens (tertiary/aromatic N) is 2. The molecule has 0 fully saturated rings. The fourth-order valence-electron chi connectivity index (χ4n) is 2.23. The van der Waals surface area contributed by atoms with E-state index < -0.39 is 5.97 Å². The molecular formula is C19H16N2O3. The Morgan fingerprint density at radius 3 is 2.29 bits per heavy atom. The van der Waals surface area contributed by atoms with Crippen LogP contribution in [0, 0.1) is 0 Å². The first-order chi connectivity index (χ1) is 11.7. The second-order valence-corrected chi connectivity index (χ2v) is 5.23. The Balaban J connectivity index is 1.70. The van der Waals surface area contributed by atoms with Gasteiger partial charge in [0.1, 0.15) is 13.2 Å². The fourth-order valence-corrected chi connectivity index (χ4v) is 2.23. The maximum absolute atomic E-state index is 12.0. The number of esters is 1. The molecule has 0 saturated heterocycles. The van der Waals surface area contributed by atoms with Crippen LogP contribution in [0.5, 0.6) is 0 Å². The van der Waals surface area contributed by atoms with Gasteiger partial charge in [0.2, 0.25) is 0 Å². The molecule has 5 heteroatoms. The zero-order chi connectivity index (χ0) is 16.8. The van der Waals surface area contributed by atoms with E-state index in [-0.39, 0.29) is 18.7 Å². The third kappa shape index (κ3) is 3.95. The van der Waals surface area contributed by atoms with E-state index >= 15 is 0 Å². The minimum absolute atomic E-state index is 0.173. The van der Waals surface area contributed by atoms with Crippen LogP contribution in [0.2, 0.25) is 0 Å². The molecule has 0 saturated carbocycles. The van der Waals surface area contributed by atoms with Gasteiger partial charge in [0, 0.05) is 11.6 Å². The van der Waals surface area contributed by atoms with Gasteiger partial charge in [0.05, 0.1) is 5.69 Å². The highest BCUT2D eigenvalue weighted by Gasteiger charge is 2.09. The van der Waals surface area contributed by atoms with Crippen LogP contribution < -0.4 is 5.56 Å². The van der Waals surface area contributed by atoms with E-state index in [1.165, 1.54) is 6.07 Å². The first kappa shape index (κ1) is 15.7. The minimum atomic E-state index is -0.501. The Hall–Kier alpha value is -3.21. The maximum Gasteiger partial charge on any atom is 0.328 e. The van der Waals surface area contributed by atoms with Gasteiger partial charge in [-0.1, -0.05) is 60.7 Å². The summed E-state index contributed by atoms with van der Waals surface area (Å²) in [6.45, 7) is -0.0425. The highest BCUT2D eigenvalue weighted by atomic mass is 16.5. The molecule has 1 aromatic heterocycles. The molecule has 0 atom stereocenters. The number of hydrogen-bond acceptors (Lipinski definition) is 4. The Bertz CT molecular complexity index is 874. The van der Waals surface area contributed by atoms with Gasteiger partial charge in [-0.25, -0.2) is 4.68 Å². The van der Waals surface area contributed by atoms with Crippen LogP contribution in [0.3, 0.4) is 0 Å². The topological polar surface area (TPSA) is 61.2 Å². The standard InChI is InChI=1S/C19H16N2O3/c22-18-12-11-17(16-9-5-2-6-10-16)20-21(18)13-19(23)24-14-15-7-3-1-4-8-15/h1-12H,13-14H2. The van der Waals surface area contributed by atoms with Crippen LogP contribution in [-0.4, -0.2) is 15.7 Å². The van der Waals surface area contributed by atoms with E-state index in [4.69, 9.17) is 4.74 Å². The monoisotopic (exact) mass is 320 g/mol. The predicted octanol–water partition coefficient (Wildman–Crippen LogP) is 2.65. The van der Waals surface area contributed by atoms with Crippen molar-refractivity contribution in [2.24, 2.45) is 0 Å². The van der Waals surface area contributed by atoms with E-state index in [1.54, 1.807) is 6.07 Å². The fraction of sp³-hybridized carbons (Fsp3) is 0.105. The van der Waals surface area contributed by atoms with E-state index in [2.05, 4.69) is 5.10 Å². The van der Waals surface area contributed by atoms with E-state index in [1.807, 2.05) is 60.7 Å². The third-order valence-corrected chi connectivity index (χ3v) is 3.46. The van der Waals surface area contributed by atoms with Gasteiger partial charge in [-0.3, -0.25) is 9.59 Å². The molecule has 1 heterocycles. The molecule has 5 nitrogen and oxygen atoms in total. The van der Waals surface area contributed by atoms with Crippen molar-refractivity contribution in [2.45, 2.75) is 13.2 Å². The molecule has 3 rings (SSSR count). The summed E-state index contributed by atoms with van der Waals surface area (Å²) in [6.07, 6.45) is 0. The lowest BCUT2D eigenvalue weighted by atomic mass is 10.1. The number of rotatable bonds is 5. The zero-order valence-electron chi connectivity index (χ0n) is 13.0. The zero-order valence-corrected chi connectivity index (χ0v) is 13.0. The Morgan fingerprint density at radius 1 is 0.917 bits per heavy atom. The summed E-state index contributed by atoms with van der Waals surface area (Å²) in [5, 5.41) is 4.24. The summed E-state index contributed by atoms with van der Waals surface area (Å²) < 4.78 is 6.31. The minimum Gasteiger partial charge on any atom is -0.459 e. The molecule has 0 unspecified atom stereocenters. The van der Waals surface area contributed by atoms with Crippen molar-refractivity contribution in [3.8, 4) is 11.3 Å². The average molecular weight is 320 g/mol. The van der Waals surface area contributed by atoms with Crippen molar-refractivity contribution in [3.05, 3.63) is 88.7 Å². The van der Waals surface area contributed by atoms with Crippen LogP contribution >= 0.6 is 0 Å². The van der Waals surface area contributed by atoms with Crippen LogP contribution in [0.25, 0.3) is 11.3 Å². The van der Waals surface area contributed by atoms with Crippen molar-refractivity contribution >= 4 is 5.97 Å². The highest BCUT2D eigenvalue weighted by molar-refractivity contribution is 5.69. The van der Waals surface area contributed by atoms with Crippen LogP contribution in [-0.2, 0) is 22.7 Å². The van der Waals surface area contributed by atoms with Crippen molar-refractivity contribution < 1.29 is 9.53 Å². The summed E-state index contributed by atoms with van der Waals surface area (Å²) in [7, 11) is 0. The molecule has 0 radical (unpaired) electrons. The normalized spacial score (nSPS) is 10.3. The molecule has 120 valence electrons. The Kier molecular flexibility index (Phi) is 4.81. The molecule has 0 aliphatic rings. The smallest absolute Gasteiger partial charge is 0.328 e. The molecule has 0 aliphatic carbocycles. The second-order valence-electron chi connectivity index (χ2n) is 5.23. The summed E-state index contributed by atoms with van der Waals surface area (Å²) in [6, 6.07) is 21.9. The number of benzene rings is 2. The van der Waals surface area contributed by atoms with Crippen LogP contribution in [0.4, 0.5) is 0 Å². The van der Waals surface area contributed by atoms with Crippen molar-refractivity contribution in [1.29, 1.82) is 0 Å². The van der Waals surface area contributed by atoms with Crippen LogP contribution in [0.15, 0.2) is 77.6 Å². The van der Waals surface area contributed by atoms with Crippen molar-refractivity contribution in [2.75, 3.05) is 0 Å². The molecule has 0 spiro atoms. The van der Waals surface area contributed by atoms with Gasteiger partial charge < -0.3 is 4.74 Å². The highest BCUT2D eigenvalue weighted by Crippen LogP contribution is 2.13. The van der Waals surface area contributed by atoms with Crippen LogP contribution in [0.1, 0.15) is 5.56 Å². The van der Waals surface area contributed by atoms with E-state index in [0.29, 0.717) is 5.69 Å². The lowest BCUT2D eigenvalue weighted by molar-refractivity contribution is -0.146. The number of hydrogen-bond donors (Lipinski definition) is 0. The molecule has 2 aromatic carbocycles. The molecule has 0 amide bonds. The molecule has 0 N–H and O–H groups in total. The Morgan fingerprint density at radius 2 is 1.58 bits per heavy atom. The number of carbonyl (C=O) groups is 1. The lowest BCUT2D eigenvalue weighted by Gasteiger charge is -2.08. The first-order valence-corrected chi connectivity index (χ1v) is 7.55. The number of carbonyl (C=O) groups excluding carboxylic acids is 1. The van der Waals surface area contributed by atoms with E-state index in [9.17, 15) is 9.59 Å². The van der Waals surface area contributed by atoms with Gasteiger partial charge in [0.15, 0.2) is 0 Å². The Labute approximate surface area is 139 Å². The summed E-state index contributed by atoms with van der Waals surface area (Å²) in [4.78, 5) is 23.9. The second kappa shape index (κ2) is 7.37. The summed E-state index contributed by atoms with van der Waals surface area (Å²) in [5.74, 6) is -0.501. The molecular weight excluding hydrogens is 304 g/mol. The molecule has 0 bridgehead atoms. The summed E-state index contributed by atoms with van der Waals surface area (Å²) >= 11 is 0. The van der Waals surface area contributed by atoms with Crippen molar-refractivity contribution in [1.82, 2.24) is 9.78 Å². The third-order valence-electron chi connectivity index (χ3n) is 3.46. The molecule has 3 aromatic rings. The van der Waals surface area contributed by atoms with Crippen molar-refractivity contribution in [3.63, 3.8) is 0 Å². The average Bonchev–Trinajstić information content (AvgIpc) is 2.63. The van der Waals surface area contributed by atoms with E-state index in [0.717, 1.165) is 15.8 Å². The predicted molar refractivity (Wildman–Crippen MR) is 90.2 cm³/mol. The quantitative estimate of drug-likeness (QED) is 0.678. The van der Waals surface area contributed by atoms with Gasteiger partial charge in [-0.15, -0.1) is 0 Å². The molecule has 24 heavy (non-hydrogen) atoms. The number of aromatic nitrogens is 2. The van der Waals surface area contributed by atoms with Gasteiger partial charge in [-0.05, 0) is 11.6 Å². The first-order valence-electron chi connectivity index (χ1n) is 7.55. The van der Waals surface area contributed by atoms with Gasteiger partial charge in [-0.2, -0.15) is 5.10 Å².